The van der Waals surface area contributed by atoms with Gasteiger partial charge < -0.3 is 15.1 Å². The molecule has 0 saturated carbocycles. The summed E-state index contributed by atoms with van der Waals surface area (Å²) >= 11 is 0. The van der Waals surface area contributed by atoms with Crippen molar-refractivity contribution in [1.29, 1.82) is 0 Å². The molecule has 1 atom stereocenters. The van der Waals surface area contributed by atoms with Gasteiger partial charge in [0.2, 0.25) is 10.0 Å². The number of hydrogen-bond acceptors (Lipinski definition) is 5. The average Bonchev–Trinajstić information content (AvgIpc) is 2.60. The zero-order valence-corrected chi connectivity index (χ0v) is 15.2. The highest BCUT2D eigenvalue weighted by Crippen LogP contribution is 2.18. The summed E-state index contributed by atoms with van der Waals surface area (Å²) in [6, 6.07) is 5.75. The molecule has 9 heteroatoms. The number of anilines is 1. The van der Waals surface area contributed by atoms with Gasteiger partial charge in [-0.05, 0) is 37.0 Å². The second-order valence-corrected chi connectivity index (χ2v) is 8.44. The van der Waals surface area contributed by atoms with Crippen LogP contribution in [0.2, 0.25) is 0 Å². The standard InChI is InChI=1S/C17H21N3O5S/c1-26(23,24)20-7-2-3-12(11-20)10-18-17(22)19-13-4-5-16-14(9-13)15(21)6-8-25-16/h4-6,8-9,12H,2-3,7,10-11H2,1H3,(H2,18,19,22). The summed E-state index contributed by atoms with van der Waals surface area (Å²) in [5, 5.41) is 5.83. The molecule has 1 fully saturated rings. The Morgan fingerprint density at radius 2 is 2.15 bits per heavy atom. The van der Waals surface area contributed by atoms with Crippen LogP contribution in [0.25, 0.3) is 11.0 Å². The van der Waals surface area contributed by atoms with Crippen molar-refractivity contribution < 1.29 is 17.6 Å². The number of nitrogens with zero attached hydrogens (tertiary/aromatic N) is 1. The molecule has 2 aromatic rings. The molecule has 0 aliphatic carbocycles. The molecular weight excluding hydrogens is 358 g/mol. The van der Waals surface area contributed by atoms with E-state index in [2.05, 4.69) is 10.6 Å². The van der Waals surface area contributed by atoms with Crippen molar-refractivity contribution in [3.63, 3.8) is 0 Å². The third-order valence-electron chi connectivity index (χ3n) is 4.42. The molecule has 26 heavy (non-hydrogen) atoms. The molecule has 2 heterocycles. The Morgan fingerprint density at radius 3 is 2.92 bits per heavy atom. The van der Waals surface area contributed by atoms with Gasteiger partial charge in [-0.25, -0.2) is 17.5 Å². The number of urea groups is 1. The molecule has 0 radical (unpaired) electrons. The number of amides is 2. The summed E-state index contributed by atoms with van der Waals surface area (Å²) in [4.78, 5) is 23.9. The zero-order chi connectivity index (χ0) is 18.7. The van der Waals surface area contributed by atoms with Gasteiger partial charge in [0.15, 0.2) is 5.43 Å². The van der Waals surface area contributed by atoms with E-state index >= 15 is 0 Å². The first-order chi connectivity index (χ1) is 12.3. The van der Waals surface area contributed by atoms with E-state index in [4.69, 9.17) is 4.42 Å². The number of carbonyl (C=O) groups is 1. The van der Waals surface area contributed by atoms with E-state index in [0.29, 0.717) is 36.3 Å². The summed E-state index contributed by atoms with van der Waals surface area (Å²) in [5.41, 5.74) is 0.750. The van der Waals surface area contributed by atoms with E-state index < -0.39 is 16.1 Å². The minimum absolute atomic E-state index is 0.0767. The van der Waals surface area contributed by atoms with Crippen LogP contribution in [0, 0.1) is 5.92 Å². The van der Waals surface area contributed by atoms with Gasteiger partial charge in [0.05, 0.1) is 17.9 Å². The molecule has 3 rings (SSSR count). The van der Waals surface area contributed by atoms with Crippen LogP contribution >= 0.6 is 0 Å². The van der Waals surface area contributed by atoms with E-state index in [0.717, 1.165) is 12.8 Å². The molecule has 0 bridgehead atoms. The third-order valence-corrected chi connectivity index (χ3v) is 5.69. The molecule has 2 N–H and O–H groups in total. The molecule has 1 unspecified atom stereocenters. The van der Waals surface area contributed by atoms with E-state index in [-0.39, 0.29) is 11.3 Å². The lowest BCUT2D eigenvalue weighted by Crippen LogP contribution is -2.43. The van der Waals surface area contributed by atoms with Crippen molar-refractivity contribution in [1.82, 2.24) is 9.62 Å². The van der Waals surface area contributed by atoms with Crippen LogP contribution in [0.5, 0.6) is 0 Å². The number of sulfonamides is 1. The van der Waals surface area contributed by atoms with Gasteiger partial charge in [-0.2, -0.15) is 0 Å². The highest BCUT2D eigenvalue weighted by molar-refractivity contribution is 7.88. The zero-order valence-electron chi connectivity index (χ0n) is 14.4. The van der Waals surface area contributed by atoms with Gasteiger partial charge >= 0.3 is 6.03 Å². The average molecular weight is 379 g/mol. The molecular formula is C17H21N3O5S. The molecule has 0 spiro atoms. The van der Waals surface area contributed by atoms with Crippen LogP contribution in [0.3, 0.4) is 0 Å². The molecule has 1 saturated heterocycles. The number of nitrogens with one attached hydrogen (secondary N) is 2. The first-order valence-electron chi connectivity index (χ1n) is 8.34. The van der Waals surface area contributed by atoms with Crippen LogP contribution in [0.1, 0.15) is 12.8 Å². The Hall–Kier alpha value is -2.39. The van der Waals surface area contributed by atoms with Gasteiger partial charge in [0, 0.05) is 31.4 Å². The maximum Gasteiger partial charge on any atom is 0.319 e. The highest BCUT2D eigenvalue weighted by Gasteiger charge is 2.25. The highest BCUT2D eigenvalue weighted by atomic mass is 32.2. The SMILES string of the molecule is CS(=O)(=O)N1CCCC(CNC(=O)Nc2ccc3occc(=O)c3c2)C1. The molecule has 1 aliphatic heterocycles. The van der Waals surface area contributed by atoms with Crippen molar-refractivity contribution in [2.75, 3.05) is 31.2 Å². The lowest BCUT2D eigenvalue weighted by atomic mass is 10.00. The maximum absolute atomic E-state index is 12.1. The van der Waals surface area contributed by atoms with Crippen LogP contribution < -0.4 is 16.1 Å². The molecule has 2 amide bonds. The summed E-state index contributed by atoms with van der Waals surface area (Å²) in [5.74, 6) is 0.0767. The number of carbonyl (C=O) groups excluding carboxylic acids is 1. The van der Waals surface area contributed by atoms with Crippen molar-refractivity contribution in [2.45, 2.75) is 12.8 Å². The van der Waals surface area contributed by atoms with E-state index in [1.807, 2.05) is 0 Å². The van der Waals surface area contributed by atoms with Crippen LogP contribution in [-0.4, -0.2) is 44.6 Å². The van der Waals surface area contributed by atoms with Crippen molar-refractivity contribution in [3.8, 4) is 0 Å². The minimum atomic E-state index is -3.20. The van der Waals surface area contributed by atoms with Gasteiger partial charge in [0.1, 0.15) is 5.58 Å². The summed E-state index contributed by atoms with van der Waals surface area (Å²) < 4.78 is 30.0. The van der Waals surface area contributed by atoms with Gasteiger partial charge in [-0.15, -0.1) is 0 Å². The lowest BCUT2D eigenvalue weighted by Gasteiger charge is -2.30. The first kappa shape index (κ1) is 18.4. The normalized spacial score (nSPS) is 18.6. The Kier molecular flexibility index (Phi) is 5.28. The molecule has 140 valence electrons. The molecule has 1 aromatic carbocycles. The lowest BCUT2D eigenvalue weighted by molar-refractivity contribution is 0.239. The van der Waals surface area contributed by atoms with Crippen LogP contribution in [0.15, 0.2) is 39.7 Å². The first-order valence-corrected chi connectivity index (χ1v) is 10.2. The fraction of sp³-hybridized carbons (Fsp3) is 0.412. The van der Waals surface area contributed by atoms with E-state index in [9.17, 15) is 18.0 Å². The smallest absolute Gasteiger partial charge is 0.319 e. The fourth-order valence-electron chi connectivity index (χ4n) is 3.07. The number of benzene rings is 1. The number of fused-ring (bicyclic) bond motifs is 1. The Bertz CT molecular complexity index is 970. The fourth-order valence-corrected chi connectivity index (χ4v) is 4.01. The summed E-state index contributed by atoms with van der Waals surface area (Å²) in [6.45, 7) is 1.32. The van der Waals surface area contributed by atoms with Crippen LogP contribution in [-0.2, 0) is 10.0 Å². The van der Waals surface area contributed by atoms with Crippen LogP contribution in [0.4, 0.5) is 10.5 Å². The molecule has 1 aromatic heterocycles. The van der Waals surface area contributed by atoms with Crippen molar-refractivity contribution in [2.24, 2.45) is 5.92 Å². The Labute approximate surface area is 151 Å². The molecule has 1 aliphatic rings. The number of hydrogen-bond donors (Lipinski definition) is 2. The maximum atomic E-state index is 12.1. The van der Waals surface area contributed by atoms with Gasteiger partial charge in [0.25, 0.3) is 0 Å². The second-order valence-electron chi connectivity index (χ2n) is 6.46. The molecule has 8 nitrogen and oxygen atoms in total. The second kappa shape index (κ2) is 7.46. The van der Waals surface area contributed by atoms with E-state index in [1.54, 1.807) is 18.2 Å². The summed E-state index contributed by atoms with van der Waals surface area (Å²) in [7, 11) is -3.20. The Balaban J connectivity index is 1.58. The predicted molar refractivity (Wildman–Crippen MR) is 98.6 cm³/mol. The predicted octanol–water partition coefficient (Wildman–Crippen LogP) is 1.59. The van der Waals surface area contributed by atoms with E-state index in [1.165, 1.54) is 22.9 Å². The number of piperidine rings is 1. The number of rotatable bonds is 4. The quantitative estimate of drug-likeness (QED) is 0.838. The van der Waals surface area contributed by atoms with Gasteiger partial charge in [-0.3, -0.25) is 4.79 Å². The summed E-state index contributed by atoms with van der Waals surface area (Å²) in [6.07, 6.45) is 4.17. The van der Waals surface area contributed by atoms with Gasteiger partial charge in [-0.1, -0.05) is 0 Å². The third kappa shape index (κ3) is 4.41. The van der Waals surface area contributed by atoms with Crippen molar-refractivity contribution in [3.05, 3.63) is 40.8 Å². The largest absolute Gasteiger partial charge is 0.464 e. The topological polar surface area (TPSA) is 109 Å². The Morgan fingerprint density at radius 1 is 1.35 bits per heavy atom. The van der Waals surface area contributed by atoms with Crippen molar-refractivity contribution >= 4 is 32.7 Å². The monoisotopic (exact) mass is 379 g/mol. The minimum Gasteiger partial charge on any atom is -0.464 e.